The van der Waals surface area contributed by atoms with Gasteiger partial charge in [-0.2, -0.15) is 0 Å². The van der Waals surface area contributed by atoms with E-state index in [-0.39, 0.29) is 17.3 Å². The summed E-state index contributed by atoms with van der Waals surface area (Å²) in [7, 11) is -3.32. The number of Topliss-reactive ketones (excluding diaryl/α,β-unsaturated/α-hetero) is 2. The Hall–Kier alpha value is -1.05. The average molecular weight is 593 g/mol. The lowest BCUT2D eigenvalue weighted by Crippen LogP contribution is -2.48. The SMILES string of the molecule is CC1(CS(C)(=O)=O)SC2(C=C(C(C)(C)C)C(=O)C(C(C)(C)C)=C2)C2(C=C(C(C)(C)C)C(=O)C(C(C)(C)C)=C2)S1. The van der Waals surface area contributed by atoms with Gasteiger partial charge in [-0.15, -0.1) is 23.5 Å². The number of sulfone groups is 1. The Bertz CT molecular complexity index is 1170. The number of carbonyl (C=O) groups excluding carboxylic acids is 2. The minimum absolute atomic E-state index is 0.0184. The van der Waals surface area contributed by atoms with Crippen molar-refractivity contribution in [2.75, 3.05) is 12.0 Å². The summed E-state index contributed by atoms with van der Waals surface area (Å²) in [5, 5.41) is 0. The highest BCUT2D eigenvalue weighted by Gasteiger charge is 2.64. The van der Waals surface area contributed by atoms with Gasteiger partial charge < -0.3 is 0 Å². The molecule has 0 aromatic carbocycles. The van der Waals surface area contributed by atoms with Crippen LogP contribution >= 0.6 is 23.5 Å². The molecule has 3 aliphatic rings. The van der Waals surface area contributed by atoms with Crippen molar-refractivity contribution in [3.63, 3.8) is 0 Å². The summed E-state index contributed by atoms with van der Waals surface area (Å²) in [5.74, 6) is 0.0743. The Morgan fingerprint density at radius 3 is 1.00 bits per heavy atom. The largest absolute Gasteiger partial charge is 0.289 e. The summed E-state index contributed by atoms with van der Waals surface area (Å²) < 4.78 is 23.2. The van der Waals surface area contributed by atoms with Gasteiger partial charge in [0.25, 0.3) is 0 Å². The fourth-order valence-electron chi connectivity index (χ4n) is 5.72. The van der Waals surface area contributed by atoms with Gasteiger partial charge >= 0.3 is 0 Å². The summed E-state index contributed by atoms with van der Waals surface area (Å²) in [6.07, 6.45) is 9.72. The number of thioether (sulfide) groups is 2. The summed E-state index contributed by atoms with van der Waals surface area (Å²) >= 11 is 3.23. The number of fused-ring (bicyclic) bond motifs is 1. The molecule has 3 rings (SSSR count). The molecule has 2 spiro atoms. The van der Waals surface area contributed by atoms with Crippen LogP contribution in [0.15, 0.2) is 46.6 Å². The van der Waals surface area contributed by atoms with Gasteiger partial charge in [0.2, 0.25) is 0 Å². The van der Waals surface area contributed by atoms with Crippen molar-refractivity contribution < 1.29 is 18.0 Å². The molecule has 2 aliphatic carbocycles. The van der Waals surface area contributed by atoms with E-state index in [2.05, 4.69) is 107 Å². The normalized spacial score (nSPS) is 23.5. The number of rotatable bonds is 2. The molecule has 0 N–H and O–H groups in total. The number of allylic oxidation sites excluding steroid dienone is 4. The summed E-state index contributed by atoms with van der Waals surface area (Å²) in [5.41, 5.74) is 1.25. The maximum atomic E-state index is 14.0. The summed E-state index contributed by atoms with van der Waals surface area (Å²) in [4.78, 5) is 28.0. The second-order valence-corrected chi connectivity index (χ2v) is 21.8. The molecule has 0 aromatic rings. The first-order valence-corrected chi connectivity index (χ1v) is 17.4. The second-order valence-electron chi connectivity index (χ2n) is 15.9. The van der Waals surface area contributed by atoms with Crippen LogP contribution in [-0.4, -0.2) is 45.6 Å². The van der Waals surface area contributed by atoms with Gasteiger partial charge in [-0.1, -0.05) is 107 Å². The highest BCUT2D eigenvalue weighted by Crippen LogP contribution is 2.70. The van der Waals surface area contributed by atoms with Crippen molar-refractivity contribution in [2.45, 2.75) is 104 Å². The third-order valence-electron chi connectivity index (χ3n) is 7.55. The van der Waals surface area contributed by atoms with Gasteiger partial charge in [0.05, 0.1) is 19.3 Å². The van der Waals surface area contributed by atoms with Gasteiger partial charge in [-0.3, -0.25) is 9.59 Å². The van der Waals surface area contributed by atoms with E-state index < -0.39 is 45.1 Å². The first-order valence-electron chi connectivity index (χ1n) is 13.7. The molecule has 0 unspecified atom stereocenters. The minimum atomic E-state index is -3.32. The smallest absolute Gasteiger partial charge is 0.185 e. The Morgan fingerprint density at radius 1 is 0.590 bits per heavy atom. The summed E-state index contributed by atoms with van der Waals surface area (Å²) in [6, 6.07) is 0. The van der Waals surface area contributed by atoms with Crippen molar-refractivity contribution in [1.29, 1.82) is 0 Å². The third kappa shape index (κ3) is 6.11. The zero-order valence-electron chi connectivity index (χ0n) is 26.4. The third-order valence-corrected chi connectivity index (χ3v) is 12.6. The minimum Gasteiger partial charge on any atom is -0.289 e. The van der Waals surface area contributed by atoms with E-state index in [0.29, 0.717) is 0 Å². The fraction of sp³-hybridized carbons (Fsp3) is 0.688. The van der Waals surface area contributed by atoms with Gasteiger partial charge in [0.15, 0.2) is 11.6 Å². The molecule has 7 heteroatoms. The van der Waals surface area contributed by atoms with Crippen LogP contribution in [0.25, 0.3) is 0 Å². The van der Waals surface area contributed by atoms with E-state index in [1.54, 1.807) is 23.5 Å². The van der Waals surface area contributed by atoms with Crippen molar-refractivity contribution in [3.8, 4) is 0 Å². The van der Waals surface area contributed by atoms with Crippen molar-refractivity contribution in [3.05, 3.63) is 46.6 Å². The van der Waals surface area contributed by atoms with Gasteiger partial charge in [0.1, 0.15) is 9.84 Å². The predicted octanol–water partition coefficient (Wildman–Crippen LogP) is 7.76. The zero-order valence-corrected chi connectivity index (χ0v) is 28.8. The van der Waals surface area contributed by atoms with Crippen LogP contribution in [0, 0.1) is 21.7 Å². The molecule has 1 fully saturated rings. The first-order chi connectivity index (χ1) is 17.1. The van der Waals surface area contributed by atoms with Crippen LogP contribution in [0.3, 0.4) is 0 Å². The van der Waals surface area contributed by atoms with Gasteiger partial charge in [-0.25, -0.2) is 8.42 Å². The average Bonchev–Trinajstić information content (AvgIpc) is 2.87. The predicted molar refractivity (Wildman–Crippen MR) is 169 cm³/mol. The van der Waals surface area contributed by atoms with Crippen LogP contribution < -0.4 is 0 Å². The number of hydrogen-bond acceptors (Lipinski definition) is 6. The molecule has 39 heavy (non-hydrogen) atoms. The molecule has 1 saturated heterocycles. The monoisotopic (exact) mass is 592 g/mol. The molecule has 0 bridgehead atoms. The Kier molecular flexibility index (Phi) is 7.68. The van der Waals surface area contributed by atoms with Crippen molar-refractivity contribution >= 4 is 44.9 Å². The molecular formula is C32H48O4S3. The Labute approximate surface area is 245 Å². The van der Waals surface area contributed by atoms with Crippen LogP contribution in [0.4, 0.5) is 0 Å². The second kappa shape index (κ2) is 9.22. The highest BCUT2D eigenvalue weighted by molar-refractivity contribution is 8.24. The fourth-order valence-corrected chi connectivity index (χ4v) is 12.4. The van der Waals surface area contributed by atoms with E-state index in [1.165, 1.54) is 6.26 Å². The Balaban J connectivity index is 2.57. The number of ketones is 2. The molecule has 0 radical (unpaired) electrons. The lowest BCUT2D eigenvalue weighted by molar-refractivity contribution is -0.115. The Morgan fingerprint density at radius 2 is 0.821 bits per heavy atom. The van der Waals surface area contributed by atoms with Gasteiger partial charge in [-0.05, 0) is 28.6 Å². The first kappa shape index (κ1) is 32.5. The van der Waals surface area contributed by atoms with Crippen LogP contribution in [0.1, 0.15) is 90.0 Å². The van der Waals surface area contributed by atoms with E-state index in [0.717, 1.165) is 22.3 Å². The van der Waals surface area contributed by atoms with E-state index >= 15 is 0 Å². The summed E-state index contributed by atoms with van der Waals surface area (Å²) in [6.45, 7) is 26.7. The maximum Gasteiger partial charge on any atom is 0.185 e. The molecule has 1 heterocycles. The lowest BCUT2D eigenvalue weighted by Gasteiger charge is -2.46. The van der Waals surface area contributed by atoms with E-state index in [9.17, 15) is 18.0 Å². The quantitative estimate of drug-likeness (QED) is 0.326. The molecular weight excluding hydrogens is 545 g/mol. The molecule has 0 amide bonds. The highest BCUT2D eigenvalue weighted by atomic mass is 32.2. The standard InChI is InChI=1S/C32H48O4S3/c1-26(2,3)20-15-31(16-21(24(20)33)27(4,5)6)32(38-30(13,37-31)19-39(14,35)36)17-22(28(7,8)9)25(34)23(18-32)29(10,11)12/h15-18H,19H2,1-14H3. The van der Waals surface area contributed by atoms with Crippen molar-refractivity contribution in [2.24, 2.45) is 21.7 Å². The lowest BCUT2D eigenvalue weighted by atomic mass is 9.65. The van der Waals surface area contributed by atoms with E-state index in [1.807, 2.05) is 6.92 Å². The van der Waals surface area contributed by atoms with Gasteiger partial charge in [0, 0.05) is 28.5 Å². The van der Waals surface area contributed by atoms with Crippen LogP contribution in [0.2, 0.25) is 0 Å². The zero-order chi connectivity index (χ0) is 30.4. The van der Waals surface area contributed by atoms with E-state index in [4.69, 9.17) is 0 Å². The molecule has 0 saturated carbocycles. The maximum absolute atomic E-state index is 14.0. The van der Waals surface area contributed by atoms with Crippen molar-refractivity contribution in [1.82, 2.24) is 0 Å². The molecule has 0 aromatic heterocycles. The van der Waals surface area contributed by atoms with Crippen LogP contribution in [-0.2, 0) is 19.4 Å². The topological polar surface area (TPSA) is 68.3 Å². The van der Waals surface area contributed by atoms with Crippen LogP contribution in [0.5, 0.6) is 0 Å². The molecule has 4 nitrogen and oxygen atoms in total. The number of carbonyl (C=O) groups is 2. The molecule has 0 atom stereocenters. The molecule has 1 aliphatic heterocycles. The number of hydrogen-bond donors (Lipinski definition) is 0. The molecule has 218 valence electrons.